The molecule has 0 saturated carbocycles. The summed E-state index contributed by atoms with van der Waals surface area (Å²) in [5, 5.41) is 0. The summed E-state index contributed by atoms with van der Waals surface area (Å²) in [6.45, 7) is 7.88. The number of nitrogens with two attached hydrogens (primary N) is 1. The summed E-state index contributed by atoms with van der Waals surface area (Å²) < 4.78 is 10.5. The summed E-state index contributed by atoms with van der Waals surface area (Å²) in [6, 6.07) is 4.90. The molecule has 0 radical (unpaired) electrons. The third kappa shape index (κ3) is 3.98. The van der Waals surface area contributed by atoms with Gasteiger partial charge in [0.2, 0.25) is 0 Å². The molecule has 0 atom stereocenters. The Morgan fingerprint density at radius 2 is 2.00 bits per heavy atom. The highest BCUT2D eigenvalue weighted by Gasteiger charge is 2.18. The first-order chi connectivity index (χ1) is 7.83. The van der Waals surface area contributed by atoms with Crippen molar-refractivity contribution in [3.8, 4) is 5.75 Å². The van der Waals surface area contributed by atoms with Crippen molar-refractivity contribution in [2.24, 2.45) is 0 Å². The number of ether oxygens (including phenoxy) is 2. The van der Waals surface area contributed by atoms with Gasteiger partial charge in [-0.2, -0.15) is 0 Å². The van der Waals surface area contributed by atoms with E-state index in [9.17, 15) is 4.79 Å². The molecule has 0 fully saturated rings. The monoisotopic (exact) mass is 237 g/mol. The lowest BCUT2D eigenvalue weighted by Gasteiger charge is -2.19. The van der Waals surface area contributed by atoms with Gasteiger partial charge in [0.25, 0.3) is 0 Å². The second-order valence-corrected chi connectivity index (χ2v) is 4.69. The Morgan fingerprint density at radius 1 is 1.35 bits per heavy atom. The Balaban J connectivity index is 2.86. The molecule has 0 aromatic heterocycles. The van der Waals surface area contributed by atoms with E-state index in [0.717, 1.165) is 0 Å². The van der Waals surface area contributed by atoms with E-state index in [4.69, 9.17) is 15.2 Å². The number of anilines is 1. The Bertz CT molecular complexity index is 408. The molecule has 1 rings (SSSR count). The fraction of sp³-hybridized carbons (Fsp3) is 0.462. The fourth-order valence-electron chi connectivity index (χ4n) is 1.30. The van der Waals surface area contributed by atoms with Gasteiger partial charge in [-0.3, -0.25) is 0 Å². The number of esters is 1. The first-order valence-electron chi connectivity index (χ1n) is 5.59. The van der Waals surface area contributed by atoms with Crippen molar-refractivity contribution in [1.29, 1.82) is 0 Å². The molecule has 0 bridgehead atoms. The van der Waals surface area contributed by atoms with Gasteiger partial charge in [0.15, 0.2) is 0 Å². The van der Waals surface area contributed by atoms with Crippen molar-refractivity contribution in [3.63, 3.8) is 0 Å². The fourth-order valence-corrected chi connectivity index (χ4v) is 1.30. The zero-order valence-electron chi connectivity index (χ0n) is 10.7. The Kier molecular flexibility index (Phi) is 3.99. The minimum Gasteiger partial charge on any atom is -0.492 e. The lowest BCUT2D eigenvalue weighted by Crippen LogP contribution is -2.23. The molecule has 17 heavy (non-hydrogen) atoms. The lowest BCUT2D eigenvalue weighted by atomic mass is 10.1. The molecule has 0 aliphatic heterocycles. The third-order valence-corrected chi connectivity index (χ3v) is 1.94. The van der Waals surface area contributed by atoms with E-state index in [-0.39, 0.29) is 5.97 Å². The van der Waals surface area contributed by atoms with Crippen LogP contribution in [0.1, 0.15) is 38.1 Å². The van der Waals surface area contributed by atoms with Crippen LogP contribution >= 0.6 is 0 Å². The molecular weight excluding hydrogens is 218 g/mol. The molecule has 4 heteroatoms. The average molecular weight is 237 g/mol. The van der Waals surface area contributed by atoms with E-state index in [1.165, 1.54) is 0 Å². The number of hydrogen-bond donors (Lipinski definition) is 1. The molecule has 2 N–H and O–H groups in total. The quantitative estimate of drug-likeness (QED) is 0.648. The van der Waals surface area contributed by atoms with Crippen molar-refractivity contribution >= 4 is 11.7 Å². The van der Waals surface area contributed by atoms with Crippen molar-refractivity contribution in [2.45, 2.75) is 33.3 Å². The second-order valence-electron chi connectivity index (χ2n) is 4.69. The molecule has 4 nitrogen and oxygen atoms in total. The molecule has 1 aromatic rings. The van der Waals surface area contributed by atoms with Crippen molar-refractivity contribution < 1.29 is 14.3 Å². The van der Waals surface area contributed by atoms with Gasteiger partial charge >= 0.3 is 5.97 Å². The zero-order chi connectivity index (χ0) is 13.1. The van der Waals surface area contributed by atoms with Gasteiger partial charge in [-0.1, -0.05) is 0 Å². The second kappa shape index (κ2) is 5.08. The zero-order valence-corrected chi connectivity index (χ0v) is 10.7. The molecule has 0 aliphatic carbocycles. The van der Waals surface area contributed by atoms with Gasteiger partial charge in [-0.05, 0) is 45.9 Å². The normalized spacial score (nSPS) is 11.1. The number of rotatable bonds is 3. The molecule has 0 saturated heterocycles. The van der Waals surface area contributed by atoms with Gasteiger partial charge in [0, 0.05) is 0 Å². The Hall–Kier alpha value is -1.71. The average Bonchev–Trinajstić information content (AvgIpc) is 2.18. The van der Waals surface area contributed by atoms with Gasteiger partial charge in [0.1, 0.15) is 11.4 Å². The summed E-state index contributed by atoms with van der Waals surface area (Å²) >= 11 is 0. The molecule has 94 valence electrons. The standard InChI is InChI=1S/C13H19NO3/c1-5-16-11-7-6-9(8-10(11)14)12(15)17-13(2,3)4/h6-8H,5,14H2,1-4H3. The van der Waals surface area contributed by atoms with Crippen LogP contribution in [0.5, 0.6) is 5.75 Å². The van der Waals surface area contributed by atoms with E-state index < -0.39 is 5.60 Å². The highest BCUT2D eigenvalue weighted by Crippen LogP contribution is 2.23. The predicted octanol–water partition coefficient (Wildman–Crippen LogP) is 2.62. The summed E-state index contributed by atoms with van der Waals surface area (Å²) in [4.78, 5) is 11.8. The van der Waals surface area contributed by atoms with Crippen LogP contribution in [0.2, 0.25) is 0 Å². The Labute approximate surface area is 102 Å². The first-order valence-corrected chi connectivity index (χ1v) is 5.59. The number of carbonyl (C=O) groups is 1. The van der Waals surface area contributed by atoms with Crippen LogP contribution in [-0.2, 0) is 4.74 Å². The van der Waals surface area contributed by atoms with E-state index in [2.05, 4.69) is 0 Å². The summed E-state index contributed by atoms with van der Waals surface area (Å²) in [7, 11) is 0. The van der Waals surface area contributed by atoms with E-state index in [1.54, 1.807) is 18.2 Å². The van der Waals surface area contributed by atoms with Gasteiger partial charge in [0.05, 0.1) is 17.9 Å². The molecule has 0 heterocycles. The topological polar surface area (TPSA) is 61.5 Å². The number of nitrogen functional groups attached to an aromatic ring is 1. The minimum atomic E-state index is -0.509. The van der Waals surface area contributed by atoms with Crippen LogP contribution < -0.4 is 10.5 Å². The van der Waals surface area contributed by atoms with Crippen LogP contribution in [0.15, 0.2) is 18.2 Å². The molecule has 0 aliphatic rings. The molecule has 0 amide bonds. The Morgan fingerprint density at radius 3 is 2.47 bits per heavy atom. The van der Waals surface area contributed by atoms with Gasteiger partial charge < -0.3 is 15.2 Å². The number of benzene rings is 1. The number of carbonyl (C=O) groups excluding carboxylic acids is 1. The van der Waals surface area contributed by atoms with Crippen molar-refractivity contribution in [2.75, 3.05) is 12.3 Å². The molecular formula is C13H19NO3. The van der Waals surface area contributed by atoms with E-state index in [0.29, 0.717) is 23.6 Å². The van der Waals surface area contributed by atoms with Crippen molar-refractivity contribution in [3.05, 3.63) is 23.8 Å². The van der Waals surface area contributed by atoms with E-state index >= 15 is 0 Å². The maximum absolute atomic E-state index is 11.8. The van der Waals surface area contributed by atoms with Gasteiger partial charge in [-0.25, -0.2) is 4.79 Å². The SMILES string of the molecule is CCOc1ccc(C(=O)OC(C)(C)C)cc1N. The van der Waals surface area contributed by atoms with Gasteiger partial charge in [-0.15, -0.1) is 0 Å². The highest BCUT2D eigenvalue weighted by atomic mass is 16.6. The van der Waals surface area contributed by atoms with Crippen LogP contribution in [0.4, 0.5) is 5.69 Å². The maximum Gasteiger partial charge on any atom is 0.338 e. The minimum absolute atomic E-state index is 0.382. The maximum atomic E-state index is 11.8. The predicted molar refractivity (Wildman–Crippen MR) is 67.2 cm³/mol. The van der Waals surface area contributed by atoms with Crippen LogP contribution in [0.25, 0.3) is 0 Å². The third-order valence-electron chi connectivity index (χ3n) is 1.94. The summed E-state index contributed by atoms with van der Waals surface area (Å²) in [6.07, 6.45) is 0. The largest absolute Gasteiger partial charge is 0.492 e. The van der Waals surface area contributed by atoms with Crippen molar-refractivity contribution in [1.82, 2.24) is 0 Å². The van der Waals surface area contributed by atoms with E-state index in [1.807, 2.05) is 27.7 Å². The smallest absolute Gasteiger partial charge is 0.338 e. The van der Waals surface area contributed by atoms with Crippen LogP contribution in [0.3, 0.4) is 0 Å². The number of hydrogen-bond acceptors (Lipinski definition) is 4. The molecule has 0 unspecified atom stereocenters. The molecule has 0 spiro atoms. The highest BCUT2D eigenvalue weighted by molar-refractivity contribution is 5.91. The first kappa shape index (κ1) is 13.4. The summed E-state index contributed by atoms with van der Waals surface area (Å²) in [5.41, 5.74) is 6.14. The van der Waals surface area contributed by atoms with Crippen LogP contribution in [-0.4, -0.2) is 18.2 Å². The molecule has 1 aromatic carbocycles. The lowest BCUT2D eigenvalue weighted by molar-refractivity contribution is 0.00696. The van der Waals surface area contributed by atoms with Crippen LogP contribution in [0, 0.1) is 0 Å². The summed E-state index contributed by atoms with van der Waals surface area (Å²) in [5.74, 6) is 0.201.